The summed E-state index contributed by atoms with van der Waals surface area (Å²) in [5.41, 5.74) is 1.04. The molecule has 0 radical (unpaired) electrons. The number of piperidine rings is 1. The minimum atomic E-state index is -0.0674. The minimum absolute atomic E-state index is 0.0674. The molecule has 2 saturated heterocycles. The molecule has 0 aliphatic carbocycles. The Morgan fingerprint density at radius 3 is 2.24 bits per heavy atom. The number of aromatic hydroxyl groups is 1. The van der Waals surface area contributed by atoms with E-state index in [0.29, 0.717) is 21.4 Å². The van der Waals surface area contributed by atoms with Gasteiger partial charge in [0.15, 0.2) is 0 Å². The van der Waals surface area contributed by atoms with Crippen molar-refractivity contribution in [2.75, 3.05) is 45.8 Å². The molecule has 3 rings (SSSR count). The molecule has 0 bridgehead atoms. The third-order valence-corrected chi connectivity index (χ3v) is 7.49. The van der Waals surface area contributed by atoms with Crippen molar-refractivity contribution in [2.24, 2.45) is 5.92 Å². The molecule has 0 spiro atoms. The standard InChI is InChI=1S/C22H33Br2N3O2/c1-3-6-25-7-4-18(5-8-25)26-9-11-27(12-10-26)22(29)16(2)13-17-14-19(23)21(28)20(24)15-17/h14-16,18,28H,3-13H2,1-2H3/t16-/m1/s1. The van der Waals surface area contributed by atoms with E-state index in [-0.39, 0.29) is 17.6 Å². The van der Waals surface area contributed by atoms with Gasteiger partial charge in [-0.25, -0.2) is 0 Å². The zero-order chi connectivity index (χ0) is 21.0. The van der Waals surface area contributed by atoms with Crippen molar-refractivity contribution in [1.29, 1.82) is 0 Å². The van der Waals surface area contributed by atoms with Crippen LogP contribution < -0.4 is 0 Å². The zero-order valence-electron chi connectivity index (χ0n) is 17.5. The molecule has 1 N–H and O–H groups in total. The average molecular weight is 531 g/mol. The SMILES string of the molecule is CCCN1CCC(N2CCN(C(=O)[C@H](C)Cc3cc(Br)c(O)c(Br)c3)CC2)CC1. The molecule has 2 aliphatic rings. The fraction of sp³-hybridized carbons (Fsp3) is 0.682. The number of carbonyl (C=O) groups excluding carboxylic acids is 1. The number of carbonyl (C=O) groups is 1. The van der Waals surface area contributed by atoms with Crippen LogP contribution in [0.1, 0.15) is 38.7 Å². The lowest BCUT2D eigenvalue weighted by Gasteiger charge is -2.43. The number of hydrogen-bond donors (Lipinski definition) is 1. The summed E-state index contributed by atoms with van der Waals surface area (Å²) >= 11 is 6.75. The first-order valence-corrected chi connectivity index (χ1v) is 12.4. The fourth-order valence-electron chi connectivity index (χ4n) is 4.62. The topological polar surface area (TPSA) is 47.0 Å². The Balaban J connectivity index is 1.47. The highest BCUT2D eigenvalue weighted by atomic mass is 79.9. The minimum Gasteiger partial charge on any atom is -0.506 e. The molecule has 29 heavy (non-hydrogen) atoms. The van der Waals surface area contributed by atoms with Crippen molar-refractivity contribution in [3.05, 3.63) is 26.6 Å². The van der Waals surface area contributed by atoms with Crippen molar-refractivity contribution in [2.45, 2.75) is 45.6 Å². The molecule has 1 atom stereocenters. The molecule has 2 fully saturated rings. The number of piperazine rings is 1. The lowest BCUT2D eigenvalue weighted by Crippen LogP contribution is -2.55. The summed E-state index contributed by atoms with van der Waals surface area (Å²) in [4.78, 5) is 20.2. The Bertz CT molecular complexity index is 676. The molecule has 0 aromatic heterocycles. The van der Waals surface area contributed by atoms with Crippen molar-refractivity contribution < 1.29 is 9.90 Å². The van der Waals surface area contributed by atoms with E-state index in [0.717, 1.165) is 31.7 Å². The summed E-state index contributed by atoms with van der Waals surface area (Å²) in [6.45, 7) is 11.6. The van der Waals surface area contributed by atoms with E-state index in [1.807, 2.05) is 24.0 Å². The van der Waals surface area contributed by atoms with Crippen LogP contribution >= 0.6 is 31.9 Å². The lowest BCUT2D eigenvalue weighted by atomic mass is 9.98. The van der Waals surface area contributed by atoms with Gasteiger partial charge < -0.3 is 14.9 Å². The van der Waals surface area contributed by atoms with Crippen molar-refractivity contribution in [3.63, 3.8) is 0 Å². The average Bonchev–Trinajstić information content (AvgIpc) is 2.72. The van der Waals surface area contributed by atoms with Crippen LogP contribution in [0.5, 0.6) is 5.75 Å². The molecular weight excluding hydrogens is 498 g/mol. The molecule has 1 aromatic carbocycles. The van der Waals surface area contributed by atoms with Crippen LogP contribution in [0.4, 0.5) is 0 Å². The van der Waals surface area contributed by atoms with Gasteiger partial charge in [0.25, 0.3) is 0 Å². The third kappa shape index (κ3) is 5.96. The summed E-state index contributed by atoms with van der Waals surface area (Å²) in [6, 6.07) is 4.48. The predicted octanol–water partition coefficient (Wildman–Crippen LogP) is 4.11. The van der Waals surface area contributed by atoms with Crippen LogP contribution in [0, 0.1) is 5.92 Å². The first-order chi connectivity index (χ1) is 13.9. The van der Waals surface area contributed by atoms with Crippen molar-refractivity contribution in [3.8, 4) is 5.75 Å². The van der Waals surface area contributed by atoms with Gasteiger partial charge in [-0.1, -0.05) is 13.8 Å². The monoisotopic (exact) mass is 529 g/mol. The summed E-state index contributed by atoms with van der Waals surface area (Å²) < 4.78 is 1.31. The first kappa shape index (κ1) is 23.0. The smallest absolute Gasteiger partial charge is 0.225 e. The molecule has 2 heterocycles. The van der Waals surface area contributed by atoms with Crippen LogP contribution in [0.15, 0.2) is 21.1 Å². The van der Waals surface area contributed by atoms with Crippen molar-refractivity contribution >= 4 is 37.8 Å². The number of nitrogens with zero attached hydrogens (tertiary/aromatic N) is 3. The highest BCUT2D eigenvalue weighted by Crippen LogP contribution is 2.34. The van der Waals surface area contributed by atoms with Gasteiger partial charge in [0.1, 0.15) is 5.75 Å². The maximum absolute atomic E-state index is 13.0. The molecule has 2 aliphatic heterocycles. The Labute approximate surface area is 191 Å². The number of halogens is 2. The second-order valence-corrected chi connectivity index (χ2v) is 10.2. The van der Waals surface area contributed by atoms with Crippen molar-refractivity contribution in [1.82, 2.24) is 14.7 Å². The van der Waals surface area contributed by atoms with E-state index in [2.05, 4.69) is 48.6 Å². The Hall–Kier alpha value is -0.630. The largest absolute Gasteiger partial charge is 0.506 e. The molecule has 0 unspecified atom stereocenters. The number of amides is 1. The van der Waals surface area contributed by atoms with E-state index in [4.69, 9.17) is 0 Å². The van der Waals surface area contributed by atoms with Crippen LogP contribution in [0.25, 0.3) is 0 Å². The van der Waals surface area contributed by atoms with Gasteiger partial charge in [0.2, 0.25) is 5.91 Å². The molecule has 5 nitrogen and oxygen atoms in total. The summed E-state index contributed by atoms with van der Waals surface area (Å²) in [5.74, 6) is 0.370. The number of hydrogen-bond acceptors (Lipinski definition) is 4. The van der Waals surface area contributed by atoms with Gasteiger partial charge >= 0.3 is 0 Å². The molecule has 1 aromatic rings. The first-order valence-electron chi connectivity index (χ1n) is 10.8. The Morgan fingerprint density at radius 2 is 1.69 bits per heavy atom. The summed E-state index contributed by atoms with van der Waals surface area (Å²) in [6.07, 6.45) is 4.43. The van der Waals surface area contributed by atoms with Crippen LogP contribution in [0.2, 0.25) is 0 Å². The van der Waals surface area contributed by atoms with Gasteiger partial charge in [0, 0.05) is 38.1 Å². The van der Waals surface area contributed by atoms with Gasteiger partial charge in [-0.3, -0.25) is 9.69 Å². The molecular formula is C22H33Br2N3O2. The van der Waals surface area contributed by atoms with Gasteiger partial charge in [-0.05, 0) is 94.9 Å². The number of likely N-dealkylation sites (tertiary alicyclic amines) is 1. The summed E-state index contributed by atoms with van der Waals surface area (Å²) in [7, 11) is 0. The van der Waals surface area contributed by atoms with E-state index in [9.17, 15) is 9.90 Å². The van der Waals surface area contributed by atoms with E-state index < -0.39 is 0 Å². The quantitative estimate of drug-likeness (QED) is 0.601. The maximum Gasteiger partial charge on any atom is 0.225 e. The fourth-order valence-corrected chi connectivity index (χ4v) is 5.90. The third-order valence-electron chi connectivity index (χ3n) is 6.28. The molecule has 162 valence electrons. The second-order valence-electron chi connectivity index (χ2n) is 8.45. The zero-order valence-corrected chi connectivity index (χ0v) is 20.7. The number of benzene rings is 1. The number of phenolic OH excluding ortho intramolecular Hbond substituents is 1. The molecule has 7 heteroatoms. The van der Waals surface area contributed by atoms with E-state index in [1.165, 1.54) is 38.9 Å². The Kier molecular flexibility index (Phi) is 8.42. The second kappa shape index (κ2) is 10.6. The maximum atomic E-state index is 13.0. The van der Waals surface area contributed by atoms with E-state index >= 15 is 0 Å². The van der Waals surface area contributed by atoms with E-state index in [1.54, 1.807) is 0 Å². The molecule has 0 saturated carbocycles. The number of phenols is 1. The highest BCUT2D eigenvalue weighted by molar-refractivity contribution is 9.11. The van der Waals surface area contributed by atoms with Gasteiger partial charge in [-0.15, -0.1) is 0 Å². The van der Waals surface area contributed by atoms with Crippen LogP contribution in [-0.2, 0) is 11.2 Å². The summed E-state index contributed by atoms with van der Waals surface area (Å²) in [5, 5.41) is 9.88. The number of rotatable bonds is 6. The van der Waals surface area contributed by atoms with Crippen LogP contribution in [0.3, 0.4) is 0 Å². The molecule has 1 amide bonds. The van der Waals surface area contributed by atoms with Gasteiger partial charge in [-0.2, -0.15) is 0 Å². The Morgan fingerprint density at radius 1 is 1.10 bits per heavy atom. The normalized spacial score (nSPS) is 20.8. The van der Waals surface area contributed by atoms with Gasteiger partial charge in [0.05, 0.1) is 8.95 Å². The lowest BCUT2D eigenvalue weighted by molar-refractivity contribution is -0.137. The predicted molar refractivity (Wildman–Crippen MR) is 124 cm³/mol. The highest BCUT2D eigenvalue weighted by Gasteiger charge is 2.30. The van der Waals surface area contributed by atoms with Crippen LogP contribution in [-0.4, -0.2) is 77.6 Å².